The monoisotopic (exact) mass is 415 g/mol. The van der Waals surface area contributed by atoms with Gasteiger partial charge in [-0.3, -0.25) is 0 Å². The zero-order valence-electron chi connectivity index (χ0n) is 16.6. The van der Waals surface area contributed by atoms with E-state index in [1.807, 2.05) is 19.1 Å². The Morgan fingerprint density at radius 2 is 1.63 bits per heavy atom. The summed E-state index contributed by atoms with van der Waals surface area (Å²) >= 11 is 0. The predicted octanol–water partition coefficient (Wildman–Crippen LogP) is 4.52. The van der Waals surface area contributed by atoms with E-state index >= 15 is 0 Å². The molecule has 0 aromatic heterocycles. The van der Waals surface area contributed by atoms with Crippen molar-refractivity contribution in [3.05, 3.63) is 101 Å². The van der Waals surface area contributed by atoms with Crippen molar-refractivity contribution in [1.29, 1.82) is 0 Å². The quantitative estimate of drug-likeness (QED) is 0.618. The van der Waals surface area contributed by atoms with Gasteiger partial charge in [0.2, 0.25) is 5.90 Å². The van der Waals surface area contributed by atoms with Crippen molar-refractivity contribution < 1.29 is 13.2 Å². The Labute approximate surface area is 176 Å². The van der Waals surface area contributed by atoms with Gasteiger partial charge in [0.1, 0.15) is 6.61 Å². The van der Waals surface area contributed by atoms with E-state index in [1.54, 1.807) is 24.3 Å². The van der Waals surface area contributed by atoms with Gasteiger partial charge in [-0.05, 0) is 53.6 Å². The SMILES string of the molecule is Cc1ccc(S(=O)(=O)/N=C2\OCc3ccccc3[C@@]23[C@@H]2Cc4ccccc4[C@@H]23)cc1. The second-order valence-corrected chi connectivity index (χ2v) is 10.1. The molecule has 3 aromatic rings. The van der Waals surface area contributed by atoms with Crippen LogP contribution in [0.1, 0.15) is 33.7 Å². The summed E-state index contributed by atoms with van der Waals surface area (Å²) in [6.45, 7) is 2.28. The van der Waals surface area contributed by atoms with Crippen molar-refractivity contribution in [3.63, 3.8) is 0 Å². The van der Waals surface area contributed by atoms with Gasteiger partial charge in [0, 0.05) is 5.92 Å². The molecule has 3 aromatic carbocycles. The van der Waals surface area contributed by atoms with Crippen LogP contribution in [0.5, 0.6) is 0 Å². The van der Waals surface area contributed by atoms with Gasteiger partial charge >= 0.3 is 0 Å². The summed E-state index contributed by atoms with van der Waals surface area (Å²) in [6, 6.07) is 23.5. The number of hydrogen-bond donors (Lipinski definition) is 0. The molecule has 5 heteroatoms. The molecule has 2 aliphatic carbocycles. The zero-order valence-corrected chi connectivity index (χ0v) is 17.4. The van der Waals surface area contributed by atoms with Crippen molar-refractivity contribution in [3.8, 4) is 0 Å². The fourth-order valence-electron chi connectivity index (χ4n) is 5.52. The van der Waals surface area contributed by atoms with Gasteiger partial charge in [0.05, 0.1) is 10.3 Å². The van der Waals surface area contributed by atoms with Crippen LogP contribution >= 0.6 is 0 Å². The summed E-state index contributed by atoms with van der Waals surface area (Å²) in [5.74, 6) is 0.844. The molecule has 0 radical (unpaired) electrons. The van der Waals surface area contributed by atoms with E-state index < -0.39 is 15.4 Å². The first kappa shape index (κ1) is 17.9. The summed E-state index contributed by atoms with van der Waals surface area (Å²) in [5.41, 5.74) is 5.45. The summed E-state index contributed by atoms with van der Waals surface area (Å²) in [4.78, 5) is 0.199. The van der Waals surface area contributed by atoms with Crippen LogP contribution in [-0.4, -0.2) is 14.3 Å². The van der Waals surface area contributed by atoms with Crippen molar-refractivity contribution in [2.75, 3.05) is 0 Å². The first-order valence-electron chi connectivity index (χ1n) is 10.2. The molecule has 3 aliphatic rings. The van der Waals surface area contributed by atoms with E-state index in [-0.39, 0.29) is 16.7 Å². The Morgan fingerprint density at radius 1 is 0.933 bits per heavy atom. The maximum Gasteiger partial charge on any atom is 0.285 e. The van der Waals surface area contributed by atoms with E-state index in [0.717, 1.165) is 17.5 Å². The standard InChI is InChI=1S/C25H21NO3S/c1-16-10-12-19(13-11-16)30(27,28)26-24-25(21-9-5-3-7-18(21)15-29-24)22-14-17-6-2-4-8-20(17)23(22)25/h2-13,22-23H,14-15H2,1H3/b26-24-/t22-,23+,25+/m1/s1. The largest absolute Gasteiger partial charge is 0.475 e. The second-order valence-electron chi connectivity index (χ2n) is 8.49. The van der Waals surface area contributed by atoms with E-state index in [2.05, 4.69) is 40.8 Å². The minimum absolute atomic E-state index is 0.199. The molecule has 3 atom stereocenters. The number of fused-ring (bicyclic) bond motifs is 7. The smallest absolute Gasteiger partial charge is 0.285 e. The molecule has 0 unspecified atom stereocenters. The number of nitrogens with zero attached hydrogens (tertiary/aromatic N) is 1. The average molecular weight is 416 g/mol. The third-order valence-corrected chi connectivity index (χ3v) is 8.18. The van der Waals surface area contributed by atoms with Gasteiger partial charge < -0.3 is 4.74 Å². The van der Waals surface area contributed by atoms with E-state index in [1.165, 1.54) is 16.7 Å². The molecule has 6 rings (SSSR count). The van der Waals surface area contributed by atoms with Crippen LogP contribution < -0.4 is 0 Å². The lowest BCUT2D eigenvalue weighted by atomic mass is 9.81. The van der Waals surface area contributed by atoms with Crippen LogP contribution in [0.15, 0.2) is 82.1 Å². The molecule has 1 spiro atoms. The van der Waals surface area contributed by atoms with Crippen LogP contribution in [0.25, 0.3) is 0 Å². The Balaban J connectivity index is 1.52. The number of hydrogen-bond acceptors (Lipinski definition) is 3. The van der Waals surface area contributed by atoms with Crippen molar-refractivity contribution in [2.24, 2.45) is 10.3 Å². The molecule has 0 N–H and O–H groups in total. The molecule has 30 heavy (non-hydrogen) atoms. The number of ether oxygens (including phenoxy) is 1. The highest BCUT2D eigenvalue weighted by Crippen LogP contribution is 2.73. The van der Waals surface area contributed by atoms with Crippen molar-refractivity contribution in [1.82, 2.24) is 0 Å². The molecule has 0 saturated heterocycles. The highest BCUT2D eigenvalue weighted by atomic mass is 32.2. The molecule has 4 nitrogen and oxygen atoms in total. The van der Waals surface area contributed by atoms with E-state index in [4.69, 9.17) is 4.74 Å². The molecular formula is C25H21NO3S. The molecule has 1 saturated carbocycles. The van der Waals surface area contributed by atoms with Gasteiger partial charge in [-0.2, -0.15) is 8.42 Å². The predicted molar refractivity (Wildman–Crippen MR) is 115 cm³/mol. The highest BCUT2D eigenvalue weighted by Gasteiger charge is 2.74. The Bertz CT molecular complexity index is 1310. The average Bonchev–Trinajstić information content (AvgIpc) is 3.20. The number of rotatable bonds is 2. The normalized spacial score (nSPS) is 27.3. The Kier molecular flexibility index (Phi) is 3.61. The molecule has 1 aliphatic heterocycles. The van der Waals surface area contributed by atoms with Gasteiger partial charge in [-0.1, -0.05) is 66.2 Å². The summed E-state index contributed by atoms with van der Waals surface area (Å²) in [7, 11) is -3.86. The van der Waals surface area contributed by atoms with Gasteiger partial charge in [-0.15, -0.1) is 4.40 Å². The fourth-order valence-corrected chi connectivity index (χ4v) is 6.53. The van der Waals surface area contributed by atoms with Gasteiger partial charge in [0.15, 0.2) is 0 Å². The fraction of sp³-hybridized carbons (Fsp3) is 0.240. The third kappa shape index (κ3) is 2.33. The maximum absolute atomic E-state index is 13.1. The highest BCUT2D eigenvalue weighted by molar-refractivity contribution is 7.90. The maximum atomic E-state index is 13.1. The minimum atomic E-state index is -3.86. The lowest BCUT2D eigenvalue weighted by molar-refractivity contribution is 0.255. The van der Waals surface area contributed by atoms with Crippen LogP contribution in [0, 0.1) is 12.8 Å². The Hall–Kier alpha value is -2.92. The van der Waals surface area contributed by atoms with Crippen LogP contribution in [0.3, 0.4) is 0 Å². The van der Waals surface area contributed by atoms with Crippen LogP contribution in [0.2, 0.25) is 0 Å². The lowest BCUT2D eigenvalue weighted by Gasteiger charge is -2.31. The molecular weight excluding hydrogens is 394 g/mol. The van der Waals surface area contributed by atoms with E-state index in [0.29, 0.717) is 12.5 Å². The first-order valence-corrected chi connectivity index (χ1v) is 11.7. The third-order valence-electron chi connectivity index (χ3n) is 6.90. The summed E-state index contributed by atoms with van der Waals surface area (Å²) in [6.07, 6.45) is 0.919. The Morgan fingerprint density at radius 3 is 2.43 bits per heavy atom. The molecule has 0 bridgehead atoms. The lowest BCUT2D eigenvalue weighted by Crippen LogP contribution is -2.35. The van der Waals surface area contributed by atoms with Crippen LogP contribution in [0.4, 0.5) is 0 Å². The van der Waals surface area contributed by atoms with E-state index in [9.17, 15) is 8.42 Å². The van der Waals surface area contributed by atoms with Gasteiger partial charge in [0.25, 0.3) is 10.0 Å². The molecule has 1 heterocycles. The van der Waals surface area contributed by atoms with Crippen molar-refractivity contribution in [2.45, 2.75) is 36.2 Å². The van der Waals surface area contributed by atoms with Crippen LogP contribution in [-0.2, 0) is 33.2 Å². The molecule has 150 valence electrons. The summed E-state index contributed by atoms with van der Waals surface area (Å²) < 4.78 is 36.7. The zero-order chi connectivity index (χ0) is 20.5. The van der Waals surface area contributed by atoms with Crippen molar-refractivity contribution >= 4 is 15.9 Å². The number of aryl methyl sites for hydroxylation is 1. The number of benzene rings is 3. The van der Waals surface area contributed by atoms with Gasteiger partial charge in [-0.25, -0.2) is 0 Å². The second kappa shape index (κ2) is 6.05. The topological polar surface area (TPSA) is 55.7 Å². The summed E-state index contributed by atoms with van der Waals surface area (Å²) in [5, 5.41) is 0. The minimum Gasteiger partial charge on any atom is -0.475 e. The molecule has 1 fully saturated rings. The first-order chi connectivity index (χ1) is 14.5. The molecule has 0 amide bonds. The number of sulfonamides is 1.